The van der Waals surface area contributed by atoms with Gasteiger partial charge in [-0.25, -0.2) is 9.97 Å². The van der Waals surface area contributed by atoms with Crippen molar-refractivity contribution in [2.24, 2.45) is 0 Å². The first-order chi connectivity index (χ1) is 11.8. The van der Waals surface area contributed by atoms with Gasteiger partial charge in [-0.1, -0.05) is 60.7 Å². The molecule has 0 unspecified atom stereocenters. The maximum Gasteiger partial charge on any atom is 0.223 e. The molecule has 0 aliphatic rings. The Morgan fingerprint density at radius 1 is 0.750 bits per heavy atom. The smallest absolute Gasteiger partial charge is 0.216 e. The van der Waals surface area contributed by atoms with E-state index >= 15 is 0 Å². The molecule has 0 saturated heterocycles. The Balaban J connectivity index is 1.95. The van der Waals surface area contributed by atoms with Crippen molar-refractivity contribution in [3.05, 3.63) is 72.0 Å². The molecule has 2 heterocycles. The summed E-state index contributed by atoms with van der Waals surface area (Å²) in [5.74, 6) is 0. The van der Waals surface area contributed by atoms with Gasteiger partial charge in [0, 0.05) is 15.6 Å². The summed E-state index contributed by atoms with van der Waals surface area (Å²) in [5.41, 5.74) is 2.93. The third-order valence-electron chi connectivity index (χ3n) is 4.24. The van der Waals surface area contributed by atoms with Crippen molar-refractivity contribution >= 4 is 54.0 Å². The largest absolute Gasteiger partial charge is 0.223 e. The number of halogens is 1. The molecule has 0 spiro atoms. The minimum absolute atomic E-state index is 0.286. The van der Waals surface area contributed by atoms with Crippen LogP contribution in [-0.2, 0) is 0 Å². The monoisotopic (exact) mass is 346 g/mol. The molecule has 24 heavy (non-hydrogen) atoms. The fourth-order valence-corrected chi connectivity index (χ4v) is 4.49. The summed E-state index contributed by atoms with van der Waals surface area (Å²) < 4.78 is 2.28. The van der Waals surface area contributed by atoms with Crippen LogP contribution in [0.15, 0.2) is 66.7 Å². The molecule has 2 nitrogen and oxygen atoms in total. The normalized spacial score (nSPS) is 11.5. The molecule has 0 aliphatic carbocycles. The molecule has 0 N–H and O–H groups in total. The lowest BCUT2D eigenvalue weighted by molar-refractivity contribution is 1.24. The molecule has 0 fully saturated rings. The second-order valence-electron chi connectivity index (χ2n) is 5.64. The third-order valence-corrected chi connectivity index (χ3v) is 5.57. The van der Waals surface area contributed by atoms with Crippen molar-refractivity contribution in [2.75, 3.05) is 0 Å². The number of thiophene rings is 1. The van der Waals surface area contributed by atoms with Crippen LogP contribution in [0.1, 0.15) is 0 Å². The summed E-state index contributed by atoms with van der Waals surface area (Å²) in [5, 5.41) is 3.78. The van der Waals surface area contributed by atoms with Gasteiger partial charge in [-0.2, -0.15) is 0 Å². The average Bonchev–Trinajstić information content (AvgIpc) is 2.99. The standard InChI is InChI=1S/C20H11ClN2S/c21-20-22-17(14-10-5-7-12-6-1-2-8-13(12)14)19-18(23-20)15-9-3-4-11-16(15)24-19/h1-11H. The van der Waals surface area contributed by atoms with Crippen LogP contribution in [0.4, 0.5) is 0 Å². The molecule has 0 saturated carbocycles. The Morgan fingerprint density at radius 2 is 1.50 bits per heavy atom. The molecule has 4 heteroatoms. The highest BCUT2D eigenvalue weighted by Gasteiger charge is 2.16. The molecule has 5 aromatic rings. The van der Waals surface area contributed by atoms with Gasteiger partial charge in [0.25, 0.3) is 0 Å². The van der Waals surface area contributed by atoms with Crippen LogP contribution >= 0.6 is 22.9 Å². The molecule has 114 valence electrons. The van der Waals surface area contributed by atoms with E-state index in [1.807, 2.05) is 18.2 Å². The summed E-state index contributed by atoms with van der Waals surface area (Å²) in [6.45, 7) is 0. The minimum atomic E-state index is 0.286. The van der Waals surface area contributed by atoms with Crippen molar-refractivity contribution in [1.82, 2.24) is 9.97 Å². The predicted molar refractivity (Wildman–Crippen MR) is 103 cm³/mol. The van der Waals surface area contributed by atoms with E-state index in [0.29, 0.717) is 0 Å². The second-order valence-corrected chi connectivity index (χ2v) is 7.03. The van der Waals surface area contributed by atoms with Gasteiger partial charge in [0.2, 0.25) is 5.28 Å². The lowest BCUT2D eigenvalue weighted by atomic mass is 10.0. The molecule has 5 rings (SSSR count). The predicted octanol–water partition coefficient (Wildman–Crippen LogP) is 6.32. The highest BCUT2D eigenvalue weighted by Crippen LogP contribution is 2.40. The number of rotatable bonds is 1. The van der Waals surface area contributed by atoms with Gasteiger partial charge >= 0.3 is 0 Å². The Morgan fingerprint density at radius 3 is 2.42 bits per heavy atom. The van der Waals surface area contributed by atoms with E-state index in [1.165, 1.54) is 15.5 Å². The molecule has 0 bridgehead atoms. The number of aromatic nitrogens is 2. The van der Waals surface area contributed by atoms with Crippen LogP contribution in [-0.4, -0.2) is 9.97 Å². The molecule has 0 amide bonds. The van der Waals surface area contributed by atoms with Crippen LogP contribution in [0.5, 0.6) is 0 Å². The molecular weight excluding hydrogens is 336 g/mol. The molecule has 0 atom stereocenters. The fourth-order valence-electron chi connectivity index (χ4n) is 3.18. The van der Waals surface area contributed by atoms with Gasteiger partial charge in [-0.05, 0) is 28.4 Å². The maximum atomic E-state index is 6.26. The number of fused-ring (bicyclic) bond motifs is 4. The Kier molecular flexibility index (Phi) is 3.05. The number of hydrogen-bond acceptors (Lipinski definition) is 3. The summed E-state index contributed by atoms with van der Waals surface area (Å²) in [7, 11) is 0. The van der Waals surface area contributed by atoms with E-state index in [-0.39, 0.29) is 5.28 Å². The van der Waals surface area contributed by atoms with E-state index in [0.717, 1.165) is 26.9 Å². The van der Waals surface area contributed by atoms with Crippen LogP contribution in [0.25, 0.3) is 42.3 Å². The minimum Gasteiger partial charge on any atom is -0.216 e. The van der Waals surface area contributed by atoms with Gasteiger partial charge in [0.1, 0.15) is 0 Å². The SMILES string of the molecule is Clc1nc(-c2cccc3ccccc23)c2sc3ccccc3c2n1. The van der Waals surface area contributed by atoms with Crippen LogP contribution < -0.4 is 0 Å². The second kappa shape index (κ2) is 5.26. The first-order valence-electron chi connectivity index (χ1n) is 7.64. The van der Waals surface area contributed by atoms with Gasteiger partial charge in [0.15, 0.2) is 0 Å². The lowest BCUT2D eigenvalue weighted by Gasteiger charge is -2.07. The first kappa shape index (κ1) is 13.9. The lowest BCUT2D eigenvalue weighted by Crippen LogP contribution is -1.90. The van der Waals surface area contributed by atoms with Crippen molar-refractivity contribution in [2.45, 2.75) is 0 Å². The summed E-state index contributed by atoms with van der Waals surface area (Å²) in [6.07, 6.45) is 0. The van der Waals surface area contributed by atoms with Crippen molar-refractivity contribution in [1.29, 1.82) is 0 Å². The zero-order valence-electron chi connectivity index (χ0n) is 12.5. The maximum absolute atomic E-state index is 6.26. The van der Waals surface area contributed by atoms with Crippen LogP contribution in [0.3, 0.4) is 0 Å². The number of benzene rings is 3. The Hall–Kier alpha value is -2.49. The van der Waals surface area contributed by atoms with Gasteiger partial charge in [-0.15, -0.1) is 11.3 Å². The van der Waals surface area contributed by atoms with E-state index < -0.39 is 0 Å². The quantitative estimate of drug-likeness (QED) is 0.332. The molecule has 3 aromatic carbocycles. The summed E-state index contributed by atoms with van der Waals surface area (Å²) in [6, 6.07) is 22.9. The van der Waals surface area contributed by atoms with E-state index in [9.17, 15) is 0 Å². The topological polar surface area (TPSA) is 25.8 Å². The highest BCUT2D eigenvalue weighted by atomic mass is 35.5. The van der Waals surface area contributed by atoms with Gasteiger partial charge in [-0.3, -0.25) is 0 Å². The number of hydrogen-bond donors (Lipinski definition) is 0. The summed E-state index contributed by atoms with van der Waals surface area (Å²) in [4.78, 5) is 9.08. The van der Waals surface area contributed by atoms with Crippen LogP contribution in [0.2, 0.25) is 5.28 Å². The van der Waals surface area contributed by atoms with Crippen molar-refractivity contribution < 1.29 is 0 Å². The third kappa shape index (κ3) is 2.02. The van der Waals surface area contributed by atoms with Crippen LogP contribution in [0, 0.1) is 0 Å². The zero-order valence-corrected chi connectivity index (χ0v) is 14.1. The molecular formula is C20H11ClN2S. The summed E-state index contributed by atoms with van der Waals surface area (Å²) >= 11 is 7.98. The highest BCUT2D eigenvalue weighted by molar-refractivity contribution is 7.26. The average molecular weight is 347 g/mol. The Bertz CT molecular complexity index is 1220. The molecule has 2 aromatic heterocycles. The van der Waals surface area contributed by atoms with E-state index in [2.05, 4.69) is 58.5 Å². The van der Waals surface area contributed by atoms with Gasteiger partial charge < -0.3 is 0 Å². The zero-order chi connectivity index (χ0) is 16.1. The fraction of sp³-hybridized carbons (Fsp3) is 0. The van der Waals surface area contributed by atoms with Crippen molar-refractivity contribution in [3.8, 4) is 11.3 Å². The van der Waals surface area contributed by atoms with E-state index in [4.69, 9.17) is 11.6 Å². The van der Waals surface area contributed by atoms with Crippen molar-refractivity contribution in [3.63, 3.8) is 0 Å². The van der Waals surface area contributed by atoms with Gasteiger partial charge in [0.05, 0.1) is 15.9 Å². The molecule has 0 radical (unpaired) electrons. The van der Waals surface area contributed by atoms with E-state index in [1.54, 1.807) is 11.3 Å². The Labute approximate surface area is 147 Å². The first-order valence-corrected chi connectivity index (χ1v) is 8.83. The number of nitrogens with zero attached hydrogens (tertiary/aromatic N) is 2. The molecule has 0 aliphatic heterocycles.